The Morgan fingerprint density at radius 1 is 0.388 bits per heavy atom. The molecule has 0 aliphatic rings. The van der Waals surface area contributed by atoms with E-state index in [1.165, 1.54) is 25.7 Å². The van der Waals surface area contributed by atoms with Crippen molar-refractivity contribution in [2.45, 2.75) is 198 Å². The van der Waals surface area contributed by atoms with Crippen LogP contribution in [0.4, 0.5) is 0 Å². The zero-order valence-corrected chi connectivity index (χ0v) is 47.2. The molecule has 25 nitrogen and oxygen atoms in total. The fourth-order valence-electron chi connectivity index (χ4n) is 8.23. The molecule has 0 saturated heterocycles. The molecule has 0 heterocycles. The van der Waals surface area contributed by atoms with Crippen LogP contribution in [-0.4, -0.2) is 188 Å². The van der Waals surface area contributed by atoms with Crippen molar-refractivity contribution in [2.24, 2.45) is 5.92 Å². The maximum Gasteiger partial charge on any atom is 0.326 e. The van der Waals surface area contributed by atoms with Crippen LogP contribution in [0.2, 0.25) is 0 Å². The minimum atomic E-state index is -1.37. The molecule has 0 unspecified atom stereocenters. The second kappa shape index (κ2) is 50.5. The maximum atomic E-state index is 12.6. The summed E-state index contributed by atoms with van der Waals surface area (Å²) in [6, 6.07) is -3.16. The fraction of sp³-hybridized carbons (Fsp3) is 0.800. The van der Waals surface area contributed by atoms with Gasteiger partial charge in [0.25, 0.3) is 0 Å². The third-order valence-electron chi connectivity index (χ3n) is 12.9. The van der Waals surface area contributed by atoms with Crippen molar-refractivity contribution < 1.29 is 97.2 Å². The molecule has 0 radical (unpaired) electrons. The Bertz CT molecular complexity index is 1800. The molecule has 460 valence electrons. The summed E-state index contributed by atoms with van der Waals surface area (Å²) in [5, 5.41) is 59.3. The molecule has 4 atom stereocenters. The Morgan fingerprint density at radius 3 is 1.41 bits per heavy atom. The van der Waals surface area contributed by atoms with Crippen LogP contribution in [-0.2, 0) is 71.7 Å². The summed E-state index contributed by atoms with van der Waals surface area (Å²) in [7, 11) is 1.62. The van der Waals surface area contributed by atoms with Gasteiger partial charge < -0.3 is 71.1 Å². The van der Waals surface area contributed by atoms with Crippen LogP contribution in [0.1, 0.15) is 180 Å². The molecule has 0 aromatic rings. The molecule has 0 aromatic heterocycles. The van der Waals surface area contributed by atoms with Gasteiger partial charge in [0.2, 0.25) is 23.6 Å². The van der Waals surface area contributed by atoms with Crippen molar-refractivity contribution in [3.63, 3.8) is 0 Å². The van der Waals surface area contributed by atoms with E-state index in [1.807, 2.05) is 0 Å². The zero-order valence-electron chi connectivity index (χ0n) is 47.2. The Morgan fingerprint density at radius 2 is 0.875 bits per heavy atom. The van der Waals surface area contributed by atoms with Crippen LogP contribution < -0.4 is 26.6 Å². The monoisotopic (exact) mass is 1150 g/mol. The van der Waals surface area contributed by atoms with E-state index >= 15 is 0 Å². The van der Waals surface area contributed by atoms with Crippen LogP contribution in [0.15, 0.2) is 0 Å². The molecule has 0 spiro atoms. The van der Waals surface area contributed by atoms with Gasteiger partial charge >= 0.3 is 23.9 Å². The number of carbonyl (C=O) groups excluding carboxylic acids is 7. The van der Waals surface area contributed by atoms with Crippen molar-refractivity contribution in [2.75, 3.05) is 79.6 Å². The van der Waals surface area contributed by atoms with Gasteiger partial charge in [0.05, 0.1) is 45.0 Å². The van der Waals surface area contributed by atoms with Crippen LogP contribution in [0.25, 0.3) is 0 Å². The number of carboxylic acid groups (broad SMARTS) is 4. The number of unbranched alkanes of at least 4 members (excludes halogenated alkanes) is 14. The van der Waals surface area contributed by atoms with Gasteiger partial charge in [-0.2, -0.15) is 0 Å². The van der Waals surface area contributed by atoms with Gasteiger partial charge in [-0.25, -0.2) is 9.59 Å². The van der Waals surface area contributed by atoms with Crippen molar-refractivity contribution in [1.29, 1.82) is 0 Å². The highest BCUT2D eigenvalue weighted by Crippen LogP contribution is 2.16. The summed E-state index contributed by atoms with van der Waals surface area (Å²) in [5.41, 5.74) is 0. The van der Waals surface area contributed by atoms with Gasteiger partial charge in [-0.1, -0.05) is 77.0 Å². The number of carboxylic acids is 4. The van der Waals surface area contributed by atoms with E-state index in [9.17, 15) is 68.1 Å². The number of Topliss-reactive ketones (excluding diaryl/α,β-unsaturated/α-hetero) is 3. The number of hydrogen-bond donors (Lipinski definition) is 10. The molecular formula is C55H95N5O20. The molecule has 0 saturated carbocycles. The Labute approximate surface area is 470 Å². The van der Waals surface area contributed by atoms with E-state index in [0.29, 0.717) is 38.6 Å². The van der Waals surface area contributed by atoms with E-state index in [0.717, 1.165) is 57.8 Å². The first-order valence-corrected chi connectivity index (χ1v) is 28.6. The molecule has 80 heavy (non-hydrogen) atoms. The third-order valence-corrected chi connectivity index (χ3v) is 12.9. The number of aliphatic hydroxyl groups excluding tert-OH is 1. The lowest BCUT2D eigenvalue weighted by Gasteiger charge is -2.17. The quantitative estimate of drug-likeness (QED) is 0.0390. The first-order valence-electron chi connectivity index (χ1n) is 28.6. The average Bonchev–Trinajstić information content (AvgIpc) is 3.41. The molecular weight excluding hydrogens is 1050 g/mol. The molecule has 0 aliphatic heterocycles. The Kier molecular flexibility index (Phi) is 47.0. The molecule has 25 heteroatoms. The molecule has 10 N–H and O–H groups in total. The maximum absolute atomic E-state index is 12.6. The number of nitrogens with one attached hydrogen (secondary N) is 5. The number of carbonyl (C=O) groups is 11. The van der Waals surface area contributed by atoms with Crippen LogP contribution in [0, 0.1) is 5.92 Å². The predicted molar refractivity (Wildman–Crippen MR) is 291 cm³/mol. The van der Waals surface area contributed by atoms with Gasteiger partial charge in [0.1, 0.15) is 37.7 Å². The van der Waals surface area contributed by atoms with E-state index in [2.05, 4.69) is 26.6 Å². The molecule has 0 bridgehead atoms. The number of rotatable bonds is 58. The summed E-state index contributed by atoms with van der Waals surface area (Å²) < 4.78 is 21.4. The van der Waals surface area contributed by atoms with Crippen molar-refractivity contribution in [1.82, 2.24) is 26.6 Å². The minimum absolute atomic E-state index is 0.0320. The number of likely N-dealkylation sites (N-methyl/N-ethyl adjacent to an activating group) is 1. The van der Waals surface area contributed by atoms with Crippen LogP contribution >= 0.6 is 0 Å². The summed E-state index contributed by atoms with van der Waals surface area (Å²) in [4.78, 5) is 131. The summed E-state index contributed by atoms with van der Waals surface area (Å²) in [5.74, 6) is -8.58. The summed E-state index contributed by atoms with van der Waals surface area (Å²) in [6.45, 7) is 0.117. The van der Waals surface area contributed by atoms with Crippen molar-refractivity contribution >= 4 is 64.9 Å². The second-order valence-electron chi connectivity index (χ2n) is 19.8. The van der Waals surface area contributed by atoms with E-state index in [-0.39, 0.29) is 141 Å². The highest BCUT2D eigenvalue weighted by atomic mass is 16.5. The number of amides is 4. The highest BCUT2D eigenvalue weighted by molar-refractivity contribution is 5.87. The van der Waals surface area contributed by atoms with Crippen molar-refractivity contribution in [3.05, 3.63) is 0 Å². The SMILES string of the molecule is CN[C@@H](CCCCNC(=O)CC[C@H](CC(=O)COCCOCCNC(=O)COCCOCCCC(=O)CC[C@H](NC(=O)CC[C@H](NC(=O)CCCCCCCCCCCCCCCCC(=O)O)C(=O)O)C(=O)O)C(=O)O)C(=O)CO. The van der Waals surface area contributed by atoms with E-state index < -0.39 is 78.0 Å². The number of hydrogen-bond acceptors (Lipinski definition) is 17. The predicted octanol–water partition coefficient (Wildman–Crippen LogP) is 3.42. The number of ether oxygens (including phenoxy) is 4. The molecule has 0 aliphatic carbocycles. The van der Waals surface area contributed by atoms with E-state index in [1.54, 1.807) is 7.05 Å². The smallest absolute Gasteiger partial charge is 0.326 e. The van der Waals surface area contributed by atoms with Crippen LogP contribution in [0.5, 0.6) is 0 Å². The number of aliphatic carboxylic acids is 4. The lowest BCUT2D eigenvalue weighted by Crippen LogP contribution is -2.44. The third kappa shape index (κ3) is 45.3. The first-order chi connectivity index (χ1) is 38.4. The first kappa shape index (κ1) is 74.5. The van der Waals surface area contributed by atoms with Gasteiger partial charge in [0, 0.05) is 64.6 Å². The lowest BCUT2D eigenvalue weighted by atomic mass is 9.97. The lowest BCUT2D eigenvalue weighted by molar-refractivity contribution is -0.145. The average molecular weight is 1150 g/mol. The second-order valence-corrected chi connectivity index (χ2v) is 19.8. The zero-order chi connectivity index (χ0) is 59.6. The topological polar surface area (TPSA) is 386 Å². The molecule has 0 aromatic carbocycles. The number of ketones is 3. The number of aliphatic hydroxyl groups is 1. The van der Waals surface area contributed by atoms with Crippen LogP contribution in [0.3, 0.4) is 0 Å². The highest BCUT2D eigenvalue weighted by Gasteiger charge is 2.25. The van der Waals surface area contributed by atoms with Gasteiger partial charge in [-0.15, -0.1) is 0 Å². The van der Waals surface area contributed by atoms with Gasteiger partial charge in [-0.3, -0.25) is 43.2 Å². The minimum Gasteiger partial charge on any atom is -0.481 e. The van der Waals surface area contributed by atoms with Gasteiger partial charge in [0.15, 0.2) is 11.6 Å². The summed E-state index contributed by atoms with van der Waals surface area (Å²) >= 11 is 0. The molecule has 0 rings (SSSR count). The summed E-state index contributed by atoms with van der Waals surface area (Å²) in [6.07, 6.45) is 15.6. The fourth-order valence-corrected chi connectivity index (χ4v) is 8.23. The van der Waals surface area contributed by atoms with Crippen molar-refractivity contribution in [3.8, 4) is 0 Å². The molecule has 4 amide bonds. The van der Waals surface area contributed by atoms with Gasteiger partial charge in [-0.05, 0) is 64.8 Å². The standard InChI is InChI=1S/C55H95N5O20/c1-56-44(47(64)38-61)20-16-17-29-57-48(65)27-23-41(53(71)72)37-43(63)39-79-35-34-78-32-30-58-51(68)40-80-36-33-77-31-18-19-42(62)24-25-45(54(73)74)60-50(67)28-26-46(55(75)76)59-49(66)21-14-12-10-8-6-4-2-3-5-7-9-11-13-15-22-52(69)70/h41,44-46,56,61H,2-40H2,1H3,(H,57,65)(H,58,68)(H,59,66)(H,60,67)(H,69,70)(H,71,72)(H,73,74)(H,75,76)/t41-,44+,45+,46+/m1/s1. The normalized spacial score (nSPS) is 12.6. The van der Waals surface area contributed by atoms with E-state index in [4.69, 9.17) is 29.2 Å². The Balaban J connectivity index is 4.01. The molecule has 0 fully saturated rings. The largest absolute Gasteiger partial charge is 0.481 e. The Hall–Kier alpha value is -5.47.